The van der Waals surface area contributed by atoms with E-state index in [2.05, 4.69) is 29.4 Å². The molecular formula is C15H15N3. The Bertz CT molecular complexity index is 632. The minimum atomic E-state index is 0.477. The van der Waals surface area contributed by atoms with Crippen LogP contribution in [0.5, 0.6) is 0 Å². The molecule has 0 N–H and O–H groups in total. The molecule has 1 aliphatic rings. The van der Waals surface area contributed by atoms with Gasteiger partial charge in [0.1, 0.15) is 6.07 Å². The summed E-state index contributed by atoms with van der Waals surface area (Å²) < 4.78 is 1.78. The van der Waals surface area contributed by atoms with Gasteiger partial charge in [-0.05, 0) is 42.9 Å². The molecule has 1 aliphatic carbocycles. The summed E-state index contributed by atoms with van der Waals surface area (Å²) in [4.78, 5) is 0. The van der Waals surface area contributed by atoms with Crippen LogP contribution in [0.4, 0.5) is 0 Å². The first-order valence-electron chi connectivity index (χ1n) is 6.34. The van der Waals surface area contributed by atoms with Gasteiger partial charge in [0.05, 0.1) is 5.69 Å². The zero-order valence-electron chi connectivity index (χ0n) is 10.5. The molecule has 0 radical (unpaired) electrons. The minimum absolute atomic E-state index is 0.477. The van der Waals surface area contributed by atoms with Crippen molar-refractivity contribution in [3.8, 4) is 17.3 Å². The topological polar surface area (TPSA) is 41.6 Å². The Balaban J connectivity index is 2.06. The summed E-state index contributed by atoms with van der Waals surface area (Å²) in [5.41, 5.74) is 5.59. The highest BCUT2D eigenvalue weighted by Crippen LogP contribution is 2.27. The fourth-order valence-corrected chi connectivity index (χ4v) is 2.68. The van der Waals surface area contributed by atoms with Gasteiger partial charge in [-0.3, -0.25) is 4.68 Å². The second kappa shape index (κ2) is 4.30. The summed E-state index contributed by atoms with van der Waals surface area (Å²) in [5, 5.41) is 13.1. The SMILES string of the molecule is Cn1nc(C#N)cc1-c1ccc2c(c1)CCCC2. The second-order valence-electron chi connectivity index (χ2n) is 4.84. The van der Waals surface area contributed by atoms with E-state index < -0.39 is 0 Å². The maximum atomic E-state index is 8.89. The number of hydrogen-bond acceptors (Lipinski definition) is 2. The molecule has 0 fully saturated rings. The van der Waals surface area contributed by atoms with E-state index in [0.717, 1.165) is 11.3 Å². The van der Waals surface area contributed by atoms with E-state index in [1.807, 2.05) is 13.1 Å². The molecular weight excluding hydrogens is 222 g/mol. The number of hydrogen-bond donors (Lipinski definition) is 0. The highest BCUT2D eigenvalue weighted by molar-refractivity contribution is 5.63. The number of aryl methyl sites for hydroxylation is 3. The van der Waals surface area contributed by atoms with Crippen molar-refractivity contribution in [3.63, 3.8) is 0 Å². The van der Waals surface area contributed by atoms with Gasteiger partial charge in [0.25, 0.3) is 0 Å². The Hall–Kier alpha value is -2.08. The van der Waals surface area contributed by atoms with Crippen LogP contribution in [0.3, 0.4) is 0 Å². The van der Waals surface area contributed by atoms with E-state index in [1.165, 1.54) is 36.8 Å². The number of aromatic nitrogens is 2. The maximum Gasteiger partial charge on any atom is 0.163 e. The smallest absolute Gasteiger partial charge is 0.163 e. The second-order valence-corrected chi connectivity index (χ2v) is 4.84. The molecule has 0 amide bonds. The third kappa shape index (κ3) is 1.80. The molecule has 0 spiro atoms. The van der Waals surface area contributed by atoms with Crippen molar-refractivity contribution in [1.29, 1.82) is 5.26 Å². The quantitative estimate of drug-likeness (QED) is 0.765. The van der Waals surface area contributed by atoms with E-state index in [0.29, 0.717) is 5.69 Å². The van der Waals surface area contributed by atoms with E-state index in [1.54, 1.807) is 4.68 Å². The Morgan fingerprint density at radius 2 is 1.94 bits per heavy atom. The zero-order chi connectivity index (χ0) is 12.5. The van der Waals surface area contributed by atoms with Gasteiger partial charge in [-0.1, -0.05) is 12.1 Å². The molecule has 0 unspecified atom stereocenters. The Morgan fingerprint density at radius 1 is 1.17 bits per heavy atom. The number of rotatable bonds is 1. The fraction of sp³-hybridized carbons (Fsp3) is 0.333. The Kier molecular flexibility index (Phi) is 2.64. The lowest BCUT2D eigenvalue weighted by Crippen LogP contribution is -2.03. The monoisotopic (exact) mass is 237 g/mol. The maximum absolute atomic E-state index is 8.89. The van der Waals surface area contributed by atoms with E-state index in [4.69, 9.17) is 5.26 Å². The van der Waals surface area contributed by atoms with Crippen LogP contribution in [-0.4, -0.2) is 9.78 Å². The van der Waals surface area contributed by atoms with Crippen LogP contribution < -0.4 is 0 Å². The predicted molar refractivity (Wildman–Crippen MR) is 70.0 cm³/mol. The van der Waals surface area contributed by atoms with Gasteiger partial charge in [-0.15, -0.1) is 0 Å². The fourth-order valence-electron chi connectivity index (χ4n) is 2.68. The lowest BCUT2D eigenvalue weighted by atomic mass is 9.90. The first-order chi connectivity index (χ1) is 8.78. The first-order valence-corrected chi connectivity index (χ1v) is 6.34. The van der Waals surface area contributed by atoms with Gasteiger partial charge in [0.15, 0.2) is 5.69 Å². The van der Waals surface area contributed by atoms with Crippen LogP contribution in [0.15, 0.2) is 24.3 Å². The van der Waals surface area contributed by atoms with Crippen molar-refractivity contribution in [2.24, 2.45) is 7.05 Å². The third-order valence-electron chi connectivity index (χ3n) is 3.64. The lowest BCUT2D eigenvalue weighted by molar-refractivity contribution is 0.685. The molecule has 3 nitrogen and oxygen atoms in total. The molecule has 0 atom stereocenters. The predicted octanol–water partition coefficient (Wildman–Crippen LogP) is 2.84. The molecule has 0 saturated heterocycles. The molecule has 3 rings (SSSR count). The Labute approximate surface area is 107 Å². The summed E-state index contributed by atoms with van der Waals surface area (Å²) >= 11 is 0. The number of fused-ring (bicyclic) bond motifs is 1. The summed E-state index contributed by atoms with van der Waals surface area (Å²) in [6.07, 6.45) is 4.96. The summed E-state index contributed by atoms with van der Waals surface area (Å²) in [7, 11) is 1.88. The average molecular weight is 237 g/mol. The molecule has 1 aromatic heterocycles. The highest BCUT2D eigenvalue weighted by atomic mass is 15.3. The van der Waals surface area contributed by atoms with Gasteiger partial charge in [0, 0.05) is 18.7 Å². The Morgan fingerprint density at radius 3 is 2.67 bits per heavy atom. The van der Waals surface area contributed by atoms with E-state index in [-0.39, 0.29) is 0 Å². The minimum Gasteiger partial charge on any atom is -0.267 e. The normalized spacial score (nSPS) is 14.0. The average Bonchev–Trinajstić information content (AvgIpc) is 2.79. The zero-order valence-corrected chi connectivity index (χ0v) is 10.5. The molecule has 2 aromatic rings. The molecule has 18 heavy (non-hydrogen) atoms. The van der Waals surface area contributed by atoms with E-state index in [9.17, 15) is 0 Å². The van der Waals surface area contributed by atoms with Crippen molar-refractivity contribution in [2.75, 3.05) is 0 Å². The third-order valence-corrected chi connectivity index (χ3v) is 3.64. The van der Waals surface area contributed by atoms with Crippen molar-refractivity contribution in [3.05, 3.63) is 41.1 Å². The van der Waals surface area contributed by atoms with Crippen molar-refractivity contribution >= 4 is 0 Å². The number of nitriles is 1. The lowest BCUT2D eigenvalue weighted by Gasteiger charge is -2.16. The van der Waals surface area contributed by atoms with Crippen LogP contribution in [-0.2, 0) is 19.9 Å². The summed E-state index contributed by atoms with van der Waals surface area (Å²) in [6, 6.07) is 10.6. The van der Waals surface area contributed by atoms with Gasteiger partial charge in [-0.25, -0.2) is 0 Å². The number of nitrogens with zero attached hydrogens (tertiary/aromatic N) is 3. The molecule has 0 bridgehead atoms. The largest absolute Gasteiger partial charge is 0.267 e. The molecule has 1 aromatic carbocycles. The van der Waals surface area contributed by atoms with Crippen molar-refractivity contribution in [1.82, 2.24) is 9.78 Å². The molecule has 90 valence electrons. The number of benzene rings is 1. The van der Waals surface area contributed by atoms with Crippen LogP contribution in [0.25, 0.3) is 11.3 Å². The first kappa shape index (κ1) is 11.0. The standard InChI is InChI=1S/C15H15N3/c1-18-15(9-14(10-16)17-18)13-7-6-11-4-2-3-5-12(11)8-13/h6-9H,2-5H2,1H3. The molecule has 0 saturated carbocycles. The van der Waals surface area contributed by atoms with Gasteiger partial charge >= 0.3 is 0 Å². The molecule has 1 heterocycles. The van der Waals surface area contributed by atoms with Crippen LogP contribution in [0, 0.1) is 11.3 Å². The van der Waals surface area contributed by atoms with Gasteiger partial charge < -0.3 is 0 Å². The van der Waals surface area contributed by atoms with Crippen LogP contribution in [0.1, 0.15) is 29.7 Å². The highest BCUT2D eigenvalue weighted by Gasteiger charge is 2.12. The molecule has 3 heteroatoms. The molecule has 0 aliphatic heterocycles. The summed E-state index contributed by atoms with van der Waals surface area (Å²) in [5.74, 6) is 0. The van der Waals surface area contributed by atoms with Crippen LogP contribution >= 0.6 is 0 Å². The summed E-state index contributed by atoms with van der Waals surface area (Å²) in [6.45, 7) is 0. The van der Waals surface area contributed by atoms with Gasteiger partial charge in [0.2, 0.25) is 0 Å². The van der Waals surface area contributed by atoms with Gasteiger partial charge in [-0.2, -0.15) is 10.4 Å². The van der Waals surface area contributed by atoms with Crippen molar-refractivity contribution < 1.29 is 0 Å². The van der Waals surface area contributed by atoms with E-state index >= 15 is 0 Å². The van der Waals surface area contributed by atoms with Crippen molar-refractivity contribution in [2.45, 2.75) is 25.7 Å². The van der Waals surface area contributed by atoms with Crippen LogP contribution in [0.2, 0.25) is 0 Å².